The minimum atomic E-state index is -3.59. The van der Waals surface area contributed by atoms with Gasteiger partial charge in [-0.1, -0.05) is 49.5 Å². The highest BCUT2D eigenvalue weighted by atomic mass is 35.5. The van der Waals surface area contributed by atoms with E-state index >= 15 is 0 Å². The summed E-state index contributed by atoms with van der Waals surface area (Å²) in [4.78, 5) is 28.0. The molecular formula is C27H37Cl2N3O5S. The van der Waals surface area contributed by atoms with E-state index in [9.17, 15) is 18.0 Å². The van der Waals surface area contributed by atoms with Gasteiger partial charge in [-0.2, -0.15) is 0 Å². The third-order valence-electron chi connectivity index (χ3n) is 6.08. The first kappa shape index (κ1) is 31.7. The molecule has 0 aliphatic heterocycles. The van der Waals surface area contributed by atoms with Crippen molar-refractivity contribution in [3.63, 3.8) is 0 Å². The molecule has 1 N–H and O–H groups in total. The number of hydrogen-bond acceptors (Lipinski definition) is 5. The maximum Gasteiger partial charge on any atom is 0.242 e. The van der Waals surface area contributed by atoms with Crippen LogP contribution in [0.15, 0.2) is 42.5 Å². The molecule has 1 unspecified atom stereocenters. The number of nitrogens with zero attached hydrogens (tertiary/aromatic N) is 2. The molecule has 8 nitrogen and oxygen atoms in total. The van der Waals surface area contributed by atoms with Crippen LogP contribution in [0.3, 0.4) is 0 Å². The Morgan fingerprint density at radius 1 is 1.05 bits per heavy atom. The van der Waals surface area contributed by atoms with E-state index < -0.39 is 16.1 Å². The Balaban J connectivity index is 2.22. The molecular weight excluding hydrogens is 549 g/mol. The quantitative estimate of drug-likeness (QED) is 0.287. The first-order valence-electron chi connectivity index (χ1n) is 12.6. The monoisotopic (exact) mass is 585 g/mol. The van der Waals surface area contributed by atoms with Gasteiger partial charge in [-0.15, -0.1) is 0 Å². The fourth-order valence-corrected chi connectivity index (χ4v) is 5.45. The van der Waals surface area contributed by atoms with E-state index in [1.807, 2.05) is 13.8 Å². The van der Waals surface area contributed by atoms with Crippen molar-refractivity contribution >= 4 is 50.7 Å². The summed E-state index contributed by atoms with van der Waals surface area (Å²) in [7, 11) is -2.05. The van der Waals surface area contributed by atoms with Gasteiger partial charge in [0.1, 0.15) is 11.8 Å². The SMILES string of the molecule is CCCCNC(=O)C(CC)N(Cc1ccc(Cl)cc1Cl)C(=O)CCCN(c1ccc(OC)cc1)S(C)(=O)=O. The van der Waals surface area contributed by atoms with Gasteiger partial charge < -0.3 is 15.0 Å². The molecule has 0 aromatic heterocycles. The minimum absolute atomic E-state index is 0.0477. The van der Waals surface area contributed by atoms with Crippen LogP contribution in [0.25, 0.3) is 0 Å². The molecule has 2 aromatic rings. The Bertz CT molecular complexity index is 1180. The zero-order valence-corrected chi connectivity index (χ0v) is 24.7. The van der Waals surface area contributed by atoms with Crippen LogP contribution in [0.2, 0.25) is 10.0 Å². The largest absolute Gasteiger partial charge is 0.497 e. The number of amides is 2. The molecule has 0 saturated carbocycles. The van der Waals surface area contributed by atoms with E-state index in [4.69, 9.17) is 27.9 Å². The van der Waals surface area contributed by atoms with Gasteiger partial charge >= 0.3 is 0 Å². The number of methoxy groups -OCH3 is 1. The Morgan fingerprint density at radius 2 is 1.74 bits per heavy atom. The van der Waals surface area contributed by atoms with Gasteiger partial charge in [-0.25, -0.2) is 8.42 Å². The molecule has 0 bridgehead atoms. The van der Waals surface area contributed by atoms with Crippen LogP contribution >= 0.6 is 23.2 Å². The summed E-state index contributed by atoms with van der Waals surface area (Å²) in [5.74, 6) is 0.115. The van der Waals surface area contributed by atoms with E-state index in [1.165, 1.54) is 16.3 Å². The van der Waals surface area contributed by atoms with Crippen molar-refractivity contribution in [2.45, 2.75) is 58.5 Å². The molecule has 38 heavy (non-hydrogen) atoms. The summed E-state index contributed by atoms with van der Waals surface area (Å²) in [6, 6.07) is 11.0. The molecule has 0 radical (unpaired) electrons. The van der Waals surface area contributed by atoms with Crippen molar-refractivity contribution < 1.29 is 22.7 Å². The van der Waals surface area contributed by atoms with Gasteiger partial charge in [0, 0.05) is 36.1 Å². The number of carbonyl (C=O) groups is 2. The van der Waals surface area contributed by atoms with Gasteiger partial charge in [0.2, 0.25) is 21.8 Å². The number of nitrogens with one attached hydrogen (secondary N) is 1. The van der Waals surface area contributed by atoms with Gasteiger partial charge in [0.25, 0.3) is 0 Å². The number of carbonyl (C=O) groups excluding carboxylic acids is 2. The number of anilines is 1. The van der Waals surface area contributed by atoms with Crippen LogP contribution in [-0.2, 0) is 26.2 Å². The number of unbranched alkanes of at least 4 members (excludes halogenated alkanes) is 1. The van der Waals surface area contributed by atoms with Gasteiger partial charge in [-0.05, 0) is 61.2 Å². The van der Waals surface area contributed by atoms with Crippen molar-refractivity contribution in [3.8, 4) is 5.75 Å². The summed E-state index contributed by atoms with van der Waals surface area (Å²) >= 11 is 12.4. The lowest BCUT2D eigenvalue weighted by Crippen LogP contribution is -2.49. The highest BCUT2D eigenvalue weighted by Crippen LogP contribution is 2.25. The van der Waals surface area contributed by atoms with Crippen LogP contribution < -0.4 is 14.4 Å². The zero-order valence-electron chi connectivity index (χ0n) is 22.4. The highest BCUT2D eigenvalue weighted by Gasteiger charge is 2.29. The standard InChI is InChI=1S/C27H37Cl2N3O5S/c1-5-7-16-30-27(34)25(6-2)31(19-20-10-11-21(28)18-24(20)29)26(33)9-8-17-32(38(4,35)36)22-12-14-23(37-3)15-13-22/h10-15,18,25H,5-9,16-17,19H2,1-4H3,(H,30,34). The molecule has 0 spiro atoms. The molecule has 0 saturated heterocycles. The fraction of sp³-hybridized carbons (Fsp3) is 0.481. The number of rotatable bonds is 15. The van der Waals surface area contributed by atoms with Gasteiger partial charge in [-0.3, -0.25) is 13.9 Å². The maximum absolute atomic E-state index is 13.5. The highest BCUT2D eigenvalue weighted by molar-refractivity contribution is 7.92. The summed E-state index contributed by atoms with van der Waals surface area (Å²) in [6.07, 6.45) is 3.62. The van der Waals surface area contributed by atoms with E-state index in [2.05, 4.69) is 5.32 Å². The van der Waals surface area contributed by atoms with Crippen LogP contribution in [0.1, 0.15) is 51.5 Å². The normalized spacial score (nSPS) is 12.1. The van der Waals surface area contributed by atoms with E-state index in [1.54, 1.807) is 42.5 Å². The number of hydrogen-bond donors (Lipinski definition) is 1. The fourth-order valence-electron chi connectivity index (χ4n) is 4.01. The van der Waals surface area contributed by atoms with E-state index in [0.717, 1.165) is 19.1 Å². The molecule has 0 aliphatic rings. The molecule has 0 heterocycles. The van der Waals surface area contributed by atoms with Crippen LogP contribution in [-0.4, -0.2) is 57.6 Å². The van der Waals surface area contributed by atoms with Gasteiger partial charge in [0.15, 0.2) is 0 Å². The average Bonchev–Trinajstić information content (AvgIpc) is 2.87. The third-order valence-corrected chi connectivity index (χ3v) is 7.86. The lowest BCUT2D eigenvalue weighted by molar-refractivity contribution is -0.141. The Labute approximate surface area is 236 Å². The van der Waals surface area contributed by atoms with Crippen LogP contribution in [0.5, 0.6) is 5.75 Å². The molecule has 0 aliphatic carbocycles. The molecule has 2 aromatic carbocycles. The molecule has 210 valence electrons. The topological polar surface area (TPSA) is 96.0 Å². The molecule has 11 heteroatoms. The number of halogens is 2. The van der Waals surface area contributed by atoms with Gasteiger partial charge in [0.05, 0.1) is 19.1 Å². The summed E-state index contributed by atoms with van der Waals surface area (Å²) in [5.41, 5.74) is 1.15. The lowest BCUT2D eigenvalue weighted by atomic mass is 10.1. The third kappa shape index (κ3) is 9.36. The summed E-state index contributed by atoms with van der Waals surface area (Å²) < 4.78 is 31.4. The van der Waals surface area contributed by atoms with Crippen molar-refractivity contribution in [1.29, 1.82) is 0 Å². The summed E-state index contributed by atoms with van der Waals surface area (Å²) in [5, 5.41) is 3.79. The van der Waals surface area contributed by atoms with E-state index in [-0.39, 0.29) is 37.7 Å². The zero-order chi connectivity index (χ0) is 28.3. The maximum atomic E-state index is 13.5. The molecule has 1 atom stereocenters. The average molecular weight is 587 g/mol. The van der Waals surface area contributed by atoms with Crippen molar-refractivity contribution in [1.82, 2.24) is 10.2 Å². The second kappa shape index (κ2) is 15.2. The predicted octanol–water partition coefficient (Wildman–Crippen LogP) is 5.27. The Hall–Kier alpha value is -2.49. The summed E-state index contributed by atoms with van der Waals surface area (Å²) in [6.45, 7) is 4.64. The minimum Gasteiger partial charge on any atom is -0.497 e. The number of sulfonamides is 1. The van der Waals surface area contributed by atoms with Crippen LogP contribution in [0.4, 0.5) is 5.69 Å². The van der Waals surface area contributed by atoms with Crippen molar-refractivity contribution in [2.24, 2.45) is 0 Å². The van der Waals surface area contributed by atoms with Crippen molar-refractivity contribution in [3.05, 3.63) is 58.1 Å². The lowest BCUT2D eigenvalue weighted by Gasteiger charge is -2.31. The Kier molecular flexibility index (Phi) is 12.7. The first-order valence-corrected chi connectivity index (χ1v) is 15.2. The first-order chi connectivity index (χ1) is 18.0. The smallest absolute Gasteiger partial charge is 0.242 e. The Morgan fingerprint density at radius 3 is 2.29 bits per heavy atom. The van der Waals surface area contributed by atoms with E-state index in [0.29, 0.717) is 40.0 Å². The molecule has 2 amide bonds. The molecule has 2 rings (SSSR count). The van der Waals surface area contributed by atoms with Crippen molar-refractivity contribution in [2.75, 3.05) is 30.8 Å². The second-order valence-corrected chi connectivity index (χ2v) is 11.7. The molecule has 0 fully saturated rings. The number of benzene rings is 2. The predicted molar refractivity (Wildman–Crippen MR) is 153 cm³/mol. The number of ether oxygens (including phenoxy) is 1. The van der Waals surface area contributed by atoms with Crippen LogP contribution in [0, 0.1) is 0 Å². The second-order valence-electron chi connectivity index (χ2n) is 8.96.